The van der Waals surface area contributed by atoms with E-state index in [9.17, 15) is 4.39 Å². The van der Waals surface area contributed by atoms with Gasteiger partial charge in [0.2, 0.25) is 0 Å². The maximum Gasteiger partial charge on any atom is 0.123 e. The summed E-state index contributed by atoms with van der Waals surface area (Å²) < 4.78 is 13.1. The first-order valence-electron chi connectivity index (χ1n) is 6.53. The zero-order valence-corrected chi connectivity index (χ0v) is 13.3. The van der Waals surface area contributed by atoms with Crippen LogP contribution in [-0.4, -0.2) is 0 Å². The molecule has 0 fully saturated rings. The molecule has 0 radical (unpaired) electrons. The van der Waals surface area contributed by atoms with Crippen LogP contribution in [0.2, 0.25) is 10.0 Å². The lowest BCUT2D eigenvalue weighted by Crippen LogP contribution is -2.41. The second-order valence-corrected chi connectivity index (χ2v) is 6.34. The van der Waals surface area contributed by atoms with E-state index in [4.69, 9.17) is 29.0 Å². The molecule has 3 N–H and O–H groups in total. The highest BCUT2D eigenvalue weighted by atomic mass is 35.5. The van der Waals surface area contributed by atoms with Crippen molar-refractivity contribution in [2.75, 3.05) is 0 Å². The quantitative estimate of drug-likeness (QED) is 0.635. The molecule has 1 unspecified atom stereocenters. The molecule has 0 amide bonds. The van der Waals surface area contributed by atoms with E-state index < -0.39 is 5.41 Å². The highest BCUT2D eigenvalue weighted by Gasteiger charge is 2.33. The third kappa shape index (κ3) is 3.38. The molecule has 0 bridgehead atoms. The molecule has 5 heteroatoms. The third-order valence-electron chi connectivity index (χ3n) is 3.75. The number of hydrogen-bond donors (Lipinski definition) is 2. The number of benzene rings is 2. The van der Waals surface area contributed by atoms with Crippen molar-refractivity contribution in [1.82, 2.24) is 5.43 Å². The van der Waals surface area contributed by atoms with E-state index in [2.05, 4.69) is 5.43 Å². The maximum absolute atomic E-state index is 13.1. The Morgan fingerprint density at radius 3 is 2.29 bits per heavy atom. The van der Waals surface area contributed by atoms with E-state index in [0.29, 0.717) is 10.0 Å². The van der Waals surface area contributed by atoms with Crippen molar-refractivity contribution in [2.24, 2.45) is 5.84 Å². The first-order valence-corrected chi connectivity index (χ1v) is 7.29. The molecular formula is C16H17Cl2FN2. The highest BCUT2D eigenvalue weighted by molar-refractivity contribution is 6.33. The van der Waals surface area contributed by atoms with Gasteiger partial charge >= 0.3 is 0 Å². The summed E-state index contributed by atoms with van der Waals surface area (Å²) in [6, 6.07) is 11.4. The van der Waals surface area contributed by atoms with Crippen LogP contribution in [0.3, 0.4) is 0 Å². The molecule has 0 aromatic heterocycles. The Morgan fingerprint density at radius 1 is 1.10 bits per heavy atom. The lowest BCUT2D eigenvalue weighted by atomic mass is 9.75. The fourth-order valence-corrected chi connectivity index (χ4v) is 2.88. The van der Waals surface area contributed by atoms with Crippen LogP contribution in [0.25, 0.3) is 0 Å². The smallest absolute Gasteiger partial charge is 0.123 e. The summed E-state index contributed by atoms with van der Waals surface area (Å²) in [5.41, 5.74) is 4.15. The van der Waals surface area contributed by atoms with E-state index in [-0.39, 0.29) is 11.9 Å². The predicted octanol–water partition coefficient (Wildman–Crippen LogP) is 4.61. The van der Waals surface area contributed by atoms with Gasteiger partial charge in [0.1, 0.15) is 5.82 Å². The number of halogens is 3. The van der Waals surface area contributed by atoms with Crippen molar-refractivity contribution in [2.45, 2.75) is 25.3 Å². The number of nitrogens with two attached hydrogens (primary N) is 1. The Morgan fingerprint density at radius 2 is 1.71 bits per heavy atom. The summed E-state index contributed by atoms with van der Waals surface area (Å²) in [5, 5.41) is 1.17. The van der Waals surface area contributed by atoms with Gasteiger partial charge in [-0.05, 0) is 41.5 Å². The summed E-state index contributed by atoms with van der Waals surface area (Å²) in [6.07, 6.45) is 0. The second-order valence-electron chi connectivity index (χ2n) is 5.49. The molecule has 21 heavy (non-hydrogen) atoms. The van der Waals surface area contributed by atoms with Gasteiger partial charge in [0.15, 0.2) is 0 Å². The number of rotatable bonds is 4. The van der Waals surface area contributed by atoms with Crippen LogP contribution in [0.15, 0.2) is 42.5 Å². The Kier molecular flexibility index (Phi) is 4.89. The molecule has 2 nitrogen and oxygen atoms in total. The zero-order chi connectivity index (χ0) is 15.6. The van der Waals surface area contributed by atoms with Crippen molar-refractivity contribution < 1.29 is 4.39 Å². The van der Waals surface area contributed by atoms with Gasteiger partial charge in [-0.15, -0.1) is 0 Å². The Bertz CT molecular complexity index is 627. The SMILES string of the molecule is CC(C)(c1ccc(F)cc1)C(NN)c1cc(Cl)ccc1Cl. The average Bonchev–Trinajstić information content (AvgIpc) is 2.43. The molecule has 0 aliphatic rings. The van der Waals surface area contributed by atoms with E-state index in [1.54, 1.807) is 30.3 Å². The zero-order valence-electron chi connectivity index (χ0n) is 11.8. The molecule has 0 aliphatic heterocycles. The lowest BCUT2D eigenvalue weighted by molar-refractivity contribution is 0.352. The minimum Gasteiger partial charge on any atom is -0.271 e. The molecule has 0 aliphatic carbocycles. The third-order valence-corrected chi connectivity index (χ3v) is 4.32. The van der Waals surface area contributed by atoms with Gasteiger partial charge in [0, 0.05) is 15.5 Å². The van der Waals surface area contributed by atoms with E-state index >= 15 is 0 Å². The normalized spacial score (nSPS) is 13.2. The monoisotopic (exact) mass is 326 g/mol. The first kappa shape index (κ1) is 16.2. The van der Waals surface area contributed by atoms with Crippen LogP contribution in [0.5, 0.6) is 0 Å². The fourth-order valence-electron chi connectivity index (χ4n) is 2.47. The van der Waals surface area contributed by atoms with Crippen LogP contribution in [0.1, 0.15) is 31.0 Å². The molecule has 1 atom stereocenters. The van der Waals surface area contributed by atoms with Crippen molar-refractivity contribution >= 4 is 23.2 Å². The topological polar surface area (TPSA) is 38.0 Å². The van der Waals surface area contributed by atoms with Crippen molar-refractivity contribution in [3.8, 4) is 0 Å². The van der Waals surface area contributed by atoms with Crippen molar-refractivity contribution in [3.63, 3.8) is 0 Å². The highest BCUT2D eigenvalue weighted by Crippen LogP contribution is 2.39. The number of hydrazine groups is 1. The van der Waals surface area contributed by atoms with Crippen LogP contribution in [0, 0.1) is 5.82 Å². The van der Waals surface area contributed by atoms with Crippen LogP contribution < -0.4 is 11.3 Å². The maximum atomic E-state index is 13.1. The van der Waals surface area contributed by atoms with E-state index in [1.807, 2.05) is 13.8 Å². The molecule has 2 aromatic carbocycles. The number of nitrogens with one attached hydrogen (secondary N) is 1. The molecule has 0 heterocycles. The van der Waals surface area contributed by atoms with Gasteiger partial charge in [-0.25, -0.2) is 4.39 Å². The Hall–Kier alpha value is -1.13. The number of hydrogen-bond acceptors (Lipinski definition) is 2. The van der Waals surface area contributed by atoms with Crippen LogP contribution >= 0.6 is 23.2 Å². The summed E-state index contributed by atoms with van der Waals surface area (Å²) in [5.74, 6) is 5.48. The summed E-state index contributed by atoms with van der Waals surface area (Å²) in [7, 11) is 0. The fraction of sp³-hybridized carbons (Fsp3) is 0.250. The van der Waals surface area contributed by atoms with E-state index in [1.165, 1.54) is 12.1 Å². The summed E-state index contributed by atoms with van der Waals surface area (Å²) in [6.45, 7) is 4.03. The second kappa shape index (κ2) is 6.32. The lowest BCUT2D eigenvalue weighted by Gasteiger charge is -2.35. The molecule has 0 spiro atoms. The largest absolute Gasteiger partial charge is 0.271 e. The van der Waals surface area contributed by atoms with Gasteiger partial charge in [-0.1, -0.05) is 49.2 Å². The molecular weight excluding hydrogens is 310 g/mol. The summed E-state index contributed by atoms with van der Waals surface area (Å²) in [4.78, 5) is 0. The van der Waals surface area contributed by atoms with Gasteiger partial charge in [-0.3, -0.25) is 11.3 Å². The predicted molar refractivity (Wildman–Crippen MR) is 86.0 cm³/mol. The van der Waals surface area contributed by atoms with Crippen molar-refractivity contribution in [3.05, 3.63) is 69.5 Å². The van der Waals surface area contributed by atoms with Gasteiger partial charge in [0.25, 0.3) is 0 Å². The molecule has 2 rings (SSSR count). The molecule has 0 saturated heterocycles. The van der Waals surface area contributed by atoms with E-state index in [0.717, 1.165) is 11.1 Å². The molecule has 0 saturated carbocycles. The average molecular weight is 327 g/mol. The van der Waals surface area contributed by atoms with Crippen molar-refractivity contribution in [1.29, 1.82) is 0 Å². The summed E-state index contributed by atoms with van der Waals surface area (Å²) >= 11 is 12.3. The van der Waals surface area contributed by atoms with Gasteiger partial charge < -0.3 is 0 Å². The molecule has 2 aromatic rings. The Balaban J connectivity index is 2.48. The molecule has 112 valence electrons. The first-order chi connectivity index (χ1) is 9.86. The van der Waals surface area contributed by atoms with Gasteiger partial charge in [-0.2, -0.15) is 0 Å². The minimum atomic E-state index is -0.406. The standard InChI is InChI=1S/C16H17Cl2FN2/c1-16(2,10-3-6-12(19)7-4-10)15(21-20)13-9-11(17)5-8-14(13)18/h3-9,15,21H,20H2,1-2H3. The minimum absolute atomic E-state index is 0.269. The van der Waals surface area contributed by atoms with Crippen LogP contribution in [-0.2, 0) is 5.41 Å². The van der Waals surface area contributed by atoms with Gasteiger partial charge in [0.05, 0.1) is 6.04 Å². The Labute approximate surface area is 134 Å². The van der Waals surface area contributed by atoms with Crippen LogP contribution in [0.4, 0.5) is 4.39 Å².